The number of esters is 1. The molecule has 1 aliphatic rings. The van der Waals surface area contributed by atoms with E-state index in [-0.39, 0.29) is 27.7 Å². The van der Waals surface area contributed by atoms with E-state index < -0.39 is 27.0 Å². The van der Waals surface area contributed by atoms with Crippen molar-refractivity contribution in [3.05, 3.63) is 106 Å². The first kappa shape index (κ1) is 32.7. The highest BCUT2D eigenvalue weighted by Crippen LogP contribution is 2.44. The van der Waals surface area contributed by atoms with Gasteiger partial charge in [-0.2, -0.15) is 0 Å². The number of carbonyl (C=O) groups is 1. The summed E-state index contributed by atoms with van der Waals surface area (Å²) >= 11 is 2.68. The molecular weight excluding hydrogens is 627 g/mol. The summed E-state index contributed by atoms with van der Waals surface area (Å²) in [6.45, 7) is 9.66. The first-order chi connectivity index (χ1) is 21.1. The Morgan fingerprint density at radius 2 is 1.76 bits per heavy atom. The molecule has 45 heavy (non-hydrogen) atoms. The molecule has 0 saturated heterocycles. The third-order valence-electron chi connectivity index (χ3n) is 7.75. The smallest absolute Gasteiger partial charge is 0.348 e. The molecule has 5 rings (SSSR count). The normalized spacial score (nSPS) is 17.3. The summed E-state index contributed by atoms with van der Waals surface area (Å²) in [5.41, 5.74) is 2.46. The fourth-order valence-electron chi connectivity index (χ4n) is 5.20. The van der Waals surface area contributed by atoms with E-state index in [0.29, 0.717) is 24.1 Å². The van der Waals surface area contributed by atoms with Crippen LogP contribution in [0.25, 0.3) is 10.4 Å². The summed E-state index contributed by atoms with van der Waals surface area (Å²) in [6.07, 6.45) is 1.29. The average Bonchev–Trinajstić information content (AvgIpc) is 3.51. The molecular formula is C35H37NO6S3. The van der Waals surface area contributed by atoms with Gasteiger partial charge in [0.25, 0.3) is 10.0 Å². The molecule has 1 atom stereocenters. The third-order valence-corrected chi connectivity index (χ3v) is 11.2. The number of carbonyl (C=O) groups excluding carboxylic acids is 1. The van der Waals surface area contributed by atoms with E-state index in [0.717, 1.165) is 38.2 Å². The third kappa shape index (κ3) is 7.57. The minimum absolute atomic E-state index is 0.0302. The van der Waals surface area contributed by atoms with Crippen molar-refractivity contribution < 1.29 is 28.2 Å². The zero-order valence-corrected chi connectivity index (χ0v) is 28.3. The zero-order valence-electron chi connectivity index (χ0n) is 25.9. The number of aliphatic hydroxyl groups excluding tert-OH is 1. The number of ether oxygens (including phenoxy) is 1. The van der Waals surface area contributed by atoms with Crippen LogP contribution >= 0.6 is 23.1 Å². The Morgan fingerprint density at radius 3 is 2.40 bits per heavy atom. The van der Waals surface area contributed by atoms with Crippen molar-refractivity contribution in [3.63, 3.8) is 0 Å². The molecule has 10 heteroatoms. The minimum atomic E-state index is -3.90. The van der Waals surface area contributed by atoms with Crippen molar-refractivity contribution in [2.75, 3.05) is 4.72 Å². The van der Waals surface area contributed by atoms with Crippen LogP contribution in [-0.2, 0) is 31.4 Å². The number of phenolic OH excluding ortho intramolecular Hbond substituents is 1. The van der Waals surface area contributed by atoms with Gasteiger partial charge in [-0.05, 0) is 102 Å². The Bertz CT molecular complexity index is 1860. The number of phenols is 1. The van der Waals surface area contributed by atoms with E-state index in [1.54, 1.807) is 41.7 Å². The Kier molecular flexibility index (Phi) is 9.13. The van der Waals surface area contributed by atoms with Crippen LogP contribution in [0.2, 0.25) is 0 Å². The number of benzene rings is 3. The van der Waals surface area contributed by atoms with E-state index in [2.05, 4.69) is 4.72 Å². The molecule has 2 heterocycles. The first-order valence-electron chi connectivity index (χ1n) is 14.6. The van der Waals surface area contributed by atoms with Gasteiger partial charge >= 0.3 is 5.97 Å². The molecule has 0 fully saturated rings. The van der Waals surface area contributed by atoms with Crippen LogP contribution < -0.4 is 4.72 Å². The number of aliphatic hydroxyl groups is 1. The molecule has 3 aromatic carbocycles. The van der Waals surface area contributed by atoms with Gasteiger partial charge in [0.15, 0.2) is 0 Å². The van der Waals surface area contributed by atoms with E-state index in [9.17, 15) is 23.4 Å². The van der Waals surface area contributed by atoms with Gasteiger partial charge in [-0.1, -0.05) is 62.9 Å². The van der Waals surface area contributed by atoms with Crippen LogP contribution in [0.5, 0.6) is 5.75 Å². The number of thiophene rings is 1. The highest BCUT2D eigenvalue weighted by molar-refractivity contribution is 8.04. The Labute approximate surface area is 273 Å². The topological polar surface area (TPSA) is 113 Å². The maximum atomic E-state index is 13.5. The molecule has 4 aromatic rings. The van der Waals surface area contributed by atoms with Crippen LogP contribution in [0.15, 0.2) is 98.6 Å². The highest BCUT2D eigenvalue weighted by Gasteiger charge is 2.39. The fraction of sp³-hybridized carbons (Fsp3) is 0.286. The van der Waals surface area contributed by atoms with Gasteiger partial charge in [0.05, 0.1) is 10.6 Å². The summed E-state index contributed by atoms with van der Waals surface area (Å²) in [5.74, 6) is -0.437. The fourth-order valence-corrected chi connectivity index (χ4v) is 8.34. The lowest BCUT2D eigenvalue weighted by molar-refractivity contribution is -0.156. The van der Waals surface area contributed by atoms with Gasteiger partial charge in [-0.15, -0.1) is 11.3 Å². The molecule has 0 radical (unpaired) electrons. The second-order valence-corrected chi connectivity index (χ2v) is 16.3. The molecule has 236 valence electrons. The standard InChI is InChI=1S/C35H37NO6S3/c1-22-18-31(44-32-29(38)21-35(5,42-33(32)39)16-15-23-11-13-25(37)14-12-23)27(34(2,3)4)20-28(22)36-45(40,41)26-9-6-8-24(19-26)30-10-7-17-43-30/h6-14,17-20,36-38H,15-16,21H2,1-5H3. The lowest BCUT2D eigenvalue weighted by Gasteiger charge is -2.34. The Morgan fingerprint density at radius 1 is 1.02 bits per heavy atom. The number of hydrogen-bond acceptors (Lipinski definition) is 8. The second kappa shape index (κ2) is 12.6. The van der Waals surface area contributed by atoms with Gasteiger partial charge in [-0.3, -0.25) is 4.72 Å². The number of hydrogen-bond donors (Lipinski definition) is 3. The zero-order chi connectivity index (χ0) is 32.6. The SMILES string of the molecule is Cc1cc(SC2=C(O)CC(C)(CCc3ccc(O)cc3)OC2=O)c(C(C)(C)C)cc1NS(=O)(=O)c1cccc(-c2cccs2)c1. The predicted octanol–water partition coefficient (Wildman–Crippen LogP) is 8.73. The van der Waals surface area contributed by atoms with Crippen LogP contribution in [0.3, 0.4) is 0 Å². The molecule has 0 aliphatic carbocycles. The van der Waals surface area contributed by atoms with Crippen molar-refractivity contribution in [2.24, 2.45) is 0 Å². The number of aromatic hydroxyl groups is 1. The van der Waals surface area contributed by atoms with Crippen molar-refractivity contribution in [3.8, 4) is 16.2 Å². The van der Waals surface area contributed by atoms with E-state index >= 15 is 0 Å². The van der Waals surface area contributed by atoms with E-state index in [1.807, 2.05) is 82.5 Å². The van der Waals surface area contributed by atoms with Gasteiger partial charge in [-0.25, -0.2) is 13.2 Å². The maximum Gasteiger partial charge on any atom is 0.348 e. The maximum absolute atomic E-state index is 13.5. The predicted molar refractivity (Wildman–Crippen MR) is 181 cm³/mol. The van der Waals surface area contributed by atoms with E-state index in [4.69, 9.17) is 4.74 Å². The molecule has 0 amide bonds. The van der Waals surface area contributed by atoms with Crippen molar-refractivity contribution in [2.45, 2.75) is 74.7 Å². The van der Waals surface area contributed by atoms with Gasteiger partial charge in [0.2, 0.25) is 0 Å². The number of thioether (sulfide) groups is 1. The van der Waals surface area contributed by atoms with Crippen LogP contribution in [0, 0.1) is 6.92 Å². The second-order valence-electron chi connectivity index (χ2n) is 12.6. The quantitative estimate of drug-likeness (QED) is 0.154. The molecule has 1 unspecified atom stereocenters. The van der Waals surface area contributed by atoms with Gasteiger partial charge in [0.1, 0.15) is 22.0 Å². The number of sulfonamides is 1. The molecule has 0 spiro atoms. The Hall–Kier alpha value is -3.73. The number of anilines is 1. The molecule has 1 aliphatic heterocycles. The largest absolute Gasteiger partial charge is 0.511 e. The average molecular weight is 664 g/mol. The summed E-state index contributed by atoms with van der Waals surface area (Å²) in [5, 5.41) is 22.6. The van der Waals surface area contributed by atoms with Crippen LogP contribution in [-0.4, -0.2) is 30.2 Å². The van der Waals surface area contributed by atoms with Gasteiger partial charge in [0, 0.05) is 16.2 Å². The number of nitrogens with one attached hydrogen (secondary N) is 1. The summed E-state index contributed by atoms with van der Waals surface area (Å²) in [7, 11) is -3.90. The summed E-state index contributed by atoms with van der Waals surface area (Å²) < 4.78 is 35.7. The number of cyclic esters (lactones) is 1. The summed E-state index contributed by atoms with van der Waals surface area (Å²) in [4.78, 5) is 15.3. The molecule has 3 N–H and O–H groups in total. The Balaban J connectivity index is 1.39. The monoisotopic (exact) mass is 663 g/mol. The lowest BCUT2D eigenvalue weighted by atomic mass is 9.86. The van der Waals surface area contributed by atoms with Crippen LogP contribution in [0.1, 0.15) is 57.2 Å². The van der Waals surface area contributed by atoms with Crippen molar-refractivity contribution in [1.82, 2.24) is 0 Å². The first-order valence-corrected chi connectivity index (χ1v) is 17.7. The summed E-state index contributed by atoms with van der Waals surface area (Å²) in [6, 6.07) is 21.3. The van der Waals surface area contributed by atoms with E-state index in [1.165, 1.54) is 0 Å². The van der Waals surface area contributed by atoms with Crippen molar-refractivity contribution in [1.29, 1.82) is 0 Å². The number of rotatable bonds is 9. The van der Waals surface area contributed by atoms with Crippen molar-refractivity contribution >= 4 is 44.8 Å². The lowest BCUT2D eigenvalue weighted by Crippen LogP contribution is -2.37. The molecule has 0 saturated carbocycles. The molecule has 0 bridgehead atoms. The number of aryl methyl sites for hydroxylation is 2. The minimum Gasteiger partial charge on any atom is -0.511 e. The highest BCUT2D eigenvalue weighted by atomic mass is 32.2. The van der Waals surface area contributed by atoms with Crippen LogP contribution in [0.4, 0.5) is 5.69 Å². The molecule has 7 nitrogen and oxygen atoms in total. The van der Waals surface area contributed by atoms with Gasteiger partial charge < -0.3 is 14.9 Å². The molecule has 1 aromatic heterocycles.